The van der Waals surface area contributed by atoms with Gasteiger partial charge < -0.3 is 18.9 Å². The van der Waals surface area contributed by atoms with Crippen LogP contribution in [0.5, 0.6) is 0 Å². The molecule has 0 aliphatic carbocycles. The molecule has 86 valence electrons. The first-order valence-corrected chi connectivity index (χ1v) is 5.25. The van der Waals surface area contributed by atoms with E-state index < -0.39 is 6.29 Å². The molecule has 3 unspecified atom stereocenters. The highest BCUT2D eigenvalue weighted by Crippen LogP contribution is 2.35. The van der Waals surface area contributed by atoms with E-state index in [1.807, 2.05) is 13.0 Å². The molecule has 5 nitrogen and oxygen atoms in total. The molecule has 0 bridgehead atoms. The van der Waals surface area contributed by atoms with E-state index in [4.69, 9.17) is 18.9 Å². The lowest BCUT2D eigenvalue weighted by atomic mass is 10.2. The van der Waals surface area contributed by atoms with Gasteiger partial charge in [-0.2, -0.15) is 0 Å². The van der Waals surface area contributed by atoms with Gasteiger partial charge in [0, 0.05) is 6.42 Å². The van der Waals surface area contributed by atoms with Crippen molar-refractivity contribution in [2.45, 2.75) is 32.0 Å². The molecule has 0 saturated carbocycles. The summed E-state index contributed by atoms with van der Waals surface area (Å²) < 4.78 is 20.8. The molecule has 3 rings (SSSR count). The van der Waals surface area contributed by atoms with Crippen LogP contribution in [0.1, 0.15) is 13.3 Å². The normalized spacial score (nSPS) is 39.1. The van der Waals surface area contributed by atoms with Gasteiger partial charge in [0.15, 0.2) is 6.29 Å². The van der Waals surface area contributed by atoms with Gasteiger partial charge in [0.25, 0.3) is 0 Å². The predicted octanol–water partition coefficient (Wildman–Crippen LogP) is 0.861. The molecular weight excluding hydrogens is 212 g/mol. The summed E-state index contributed by atoms with van der Waals surface area (Å²) in [5.41, 5.74) is 1.65. The monoisotopic (exact) mass is 224 g/mol. The van der Waals surface area contributed by atoms with Crippen LogP contribution in [0, 0.1) is 0 Å². The van der Waals surface area contributed by atoms with Crippen LogP contribution < -0.4 is 0 Å². The van der Waals surface area contributed by atoms with Crippen LogP contribution in [0.3, 0.4) is 0 Å². The van der Waals surface area contributed by atoms with E-state index in [1.165, 1.54) is 6.26 Å². The molecule has 3 atom stereocenters. The summed E-state index contributed by atoms with van der Waals surface area (Å²) in [5.74, 6) is -0.308. The quantitative estimate of drug-likeness (QED) is 0.229. The van der Waals surface area contributed by atoms with Crippen molar-refractivity contribution in [2.24, 2.45) is 0 Å². The molecule has 0 amide bonds. The van der Waals surface area contributed by atoms with Crippen molar-refractivity contribution in [3.05, 3.63) is 23.5 Å². The zero-order chi connectivity index (χ0) is 11.1. The van der Waals surface area contributed by atoms with Crippen LogP contribution in [-0.4, -0.2) is 31.3 Å². The molecular formula is C11H12O5. The number of carbonyl (C=O) groups excluding carboxylic acids is 1. The maximum Gasteiger partial charge on any atom is 0.337 e. The van der Waals surface area contributed by atoms with Gasteiger partial charge in [-0.1, -0.05) is 0 Å². The predicted molar refractivity (Wildman–Crippen MR) is 52.0 cm³/mol. The number of esters is 1. The number of cyclic esters (lactones) is 1. The number of carbonyl (C=O) groups is 1. The Morgan fingerprint density at radius 2 is 2.38 bits per heavy atom. The topological polar surface area (TPSA) is 57.3 Å². The second-order valence-corrected chi connectivity index (χ2v) is 4.01. The van der Waals surface area contributed by atoms with Crippen LogP contribution in [0.25, 0.3) is 0 Å². The lowest BCUT2D eigenvalue weighted by Crippen LogP contribution is -2.21. The Morgan fingerprint density at radius 3 is 3.06 bits per heavy atom. The van der Waals surface area contributed by atoms with E-state index in [0.29, 0.717) is 18.6 Å². The number of hydrogen-bond donors (Lipinski definition) is 0. The van der Waals surface area contributed by atoms with Crippen LogP contribution in [0.4, 0.5) is 0 Å². The van der Waals surface area contributed by atoms with Gasteiger partial charge in [-0.25, -0.2) is 4.79 Å². The minimum absolute atomic E-state index is 0.101. The van der Waals surface area contributed by atoms with Crippen molar-refractivity contribution < 1.29 is 23.7 Å². The standard InChI is InChI=1S/C11H12O5/c1-6-4-8(15-11-9(6)16-11)14-5-7-2-3-13-10(7)12/h4-5,8-9,11H,2-3H2,1H3. The Bertz CT molecular complexity index is 384. The molecule has 3 heterocycles. The Morgan fingerprint density at radius 1 is 1.50 bits per heavy atom. The largest absolute Gasteiger partial charge is 0.468 e. The third-order valence-electron chi connectivity index (χ3n) is 2.78. The van der Waals surface area contributed by atoms with E-state index in [9.17, 15) is 4.79 Å². The van der Waals surface area contributed by atoms with Crippen molar-refractivity contribution in [1.29, 1.82) is 0 Å². The van der Waals surface area contributed by atoms with Gasteiger partial charge >= 0.3 is 5.97 Å². The molecule has 0 aromatic carbocycles. The van der Waals surface area contributed by atoms with E-state index in [-0.39, 0.29) is 18.4 Å². The van der Waals surface area contributed by atoms with Crippen molar-refractivity contribution in [2.75, 3.05) is 6.61 Å². The molecule has 0 spiro atoms. The molecule has 2 fully saturated rings. The zero-order valence-electron chi connectivity index (χ0n) is 8.84. The highest BCUT2D eigenvalue weighted by molar-refractivity contribution is 5.89. The fourth-order valence-corrected chi connectivity index (χ4v) is 1.78. The van der Waals surface area contributed by atoms with E-state index in [0.717, 1.165) is 5.57 Å². The first-order chi connectivity index (χ1) is 7.74. The first kappa shape index (κ1) is 9.86. The average Bonchev–Trinajstić information content (AvgIpc) is 2.93. The summed E-state index contributed by atoms with van der Waals surface area (Å²) in [6.07, 6.45) is 3.33. The number of ether oxygens (including phenoxy) is 4. The van der Waals surface area contributed by atoms with Crippen LogP contribution in [0.15, 0.2) is 23.5 Å². The highest BCUT2D eigenvalue weighted by Gasteiger charge is 2.46. The lowest BCUT2D eigenvalue weighted by Gasteiger charge is -2.16. The molecule has 5 heteroatoms. The molecule has 0 aromatic rings. The maximum atomic E-state index is 11.1. The Balaban J connectivity index is 1.63. The van der Waals surface area contributed by atoms with Crippen molar-refractivity contribution in [3.8, 4) is 0 Å². The minimum Gasteiger partial charge on any atom is -0.468 e. The molecule has 16 heavy (non-hydrogen) atoms. The van der Waals surface area contributed by atoms with E-state index >= 15 is 0 Å². The average molecular weight is 224 g/mol. The van der Waals surface area contributed by atoms with Crippen molar-refractivity contribution in [3.63, 3.8) is 0 Å². The molecule has 0 aromatic heterocycles. The Kier molecular flexibility index (Phi) is 2.22. The fraction of sp³-hybridized carbons (Fsp3) is 0.545. The highest BCUT2D eigenvalue weighted by atomic mass is 16.8. The number of hydrogen-bond acceptors (Lipinski definition) is 5. The molecule has 3 aliphatic heterocycles. The van der Waals surface area contributed by atoms with Crippen LogP contribution in [0.2, 0.25) is 0 Å². The second-order valence-electron chi connectivity index (χ2n) is 4.01. The maximum absolute atomic E-state index is 11.1. The first-order valence-electron chi connectivity index (χ1n) is 5.25. The number of rotatable bonds is 2. The lowest BCUT2D eigenvalue weighted by molar-refractivity contribution is -0.135. The van der Waals surface area contributed by atoms with Crippen LogP contribution in [-0.2, 0) is 23.7 Å². The molecule has 0 N–H and O–H groups in total. The van der Waals surface area contributed by atoms with Gasteiger partial charge in [-0.15, -0.1) is 0 Å². The number of fused-ring (bicyclic) bond motifs is 1. The second kappa shape index (κ2) is 3.61. The van der Waals surface area contributed by atoms with E-state index in [2.05, 4.69) is 0 Å². The summed E-state index contributed by atoms with van der Waals surface area (Å²) in [5, 5.41) is 0. The van der Waals surface area contributed by atoms with Crippen molar-refractivity contribution in [1.82, 2.24) is 0 Å². The van der Waals surface area contributed by atoms with Gasteiger partial charge in [-0.05, 0) is 18.6 Å². The minimum atomic E-state index is -0.468. The van der Waals surface area contributed by atoms with Gasteiger partial charge in [0.2, 0.25) is 6.29 Å². The summed E-state index contributed by atoms with van der Waals surface area (Å²) >= 11 is 0. The van der Waals surface area contributed by atoms with Gasteiger partial charge in [0.05, 0.1) is 18.4 Å². The third kappa shape index (κ3) is 1.72. The Hall–Kier alpha value is -1.33. The molecule has 3 aliphatic rings. The number of epoxide rings is 1. The summed E-state index contributed by atoms with van der Waals surface area (Å²) in [7, 11) is 0. The van der Waals surface area contributed by atoms with Crippen LogP contribution >= 0.6 is 0 Å². The van der Waals surface area contributed by atoms with Crippen molar-refractivity contribution >= 4 is 5.97 Å². The smallest absolute Gasteiger partial charge is 0.337 e. The van der Waals surface area contributed by atoms with Gasteiger partial charge in [-0.3, -0.25) is 0 Å². The molecule has 2 saturated heterocycles. The third-order valence-corrected chi connectivity index (χ3v) is 2.78. The summed E-state index contributed by atoms with van der Waals surface area (Å²) in [6.45, 7) is 2.41. The summed E-state index contributed by atoms with van der Waals surface area (Å²) in [6, 6.07) is 0. The van der Waals surface area contributed by atoms with E-state index in [1.54, 1.807) is 0 Å². The zero-order valence-corrected chi connectivity index (χ0v) is 8.84. The Labute approximate surface area is 92.6 Å². The fourth-order valence-electron chi connectivity index (χ4n) is 1.78. The molecule has 0 radical (unpaired) electrons. The summed E-state index contributed by atoms with van der Waals surface area (Å²) in [4.78, 5) is 11.1. The van der Waals surface area contributed by atoms with Gasteiger partial charge in [0.1, 0.15) is 6.10 Å². The SMILES string of the molecule is CC1=CC(OC=C2CCOC2=O)OC2OC12.